The average Bonchev–Trinajstić information content (AvgIpc) is 0.803. The third kappa shape index (κ3) is 26.0. The van der Waals surface area contributed by atoms with Gasteiger partial charge in [0.15, 0.2) is 0 Å². The van der Waals surface area contributed by atoms with Gasteiger partial charge in [-0.2, -0.15) is 0 Å². The number of rotatable bonds is 62. The van der Waals surface area contributed by atoms with Crippen LogP contribution in [-0.4, -0.2) is 321 Å². The van der Waals surface area contributed by atoms with Crippen molar-refractivity contribution >= 4 is 116 Å². The molecule has 0 unspecified atom stereocenters. The number of ether oxygens (including phenoxy) is 1. The van der Waals surface area contributed by atoms with Gasteiger partial charge in [-0.05, 0) is 13.3 Å². The van der Waals surface area contributed by atoms with Crippen molar-refractivity contribution in [3.63, 3.8) is 0 Å². The van der Waals surface area contributed by atoms with Gasteiger partial charge in [0.05, 0.1) is 8.07 Å². The first-order valence-corrected chi connectivity index (χ1v) is 51.3. The van der Waals surface area contributed by atoms with Crippen LogP contribution in [-0.2, 0) is 161 Å². The highest BCUT2D eigenvalue weighted by molar-refractivity contribution is 6.85. The highest BCUT2D eigenvalue weighted by Gasteiger charge is 2.70. The van der Waals surface area contributed by atoms with Crippen LogP contribution in [0.2, 0.25) is 42.3 Å². The van der Waals surface area contributed by atoms with Gasteiger partial charge in [-0.3, -0.25) is 0 Å². The van der Waals surface area contributed by atoms with E-state index in [2.05, 4.69) is 0 Å². The van der Waals surface area contributed by atoms with Crippen molar-refractivity contribution in [3.8, 4) is 0 Å². The van der Waals surface area contributed by atoms with Crippen molar-refractivity contribution in [3.05, 3.63) is 0 Å². The van der Waals surface area contributed by atoms with Crippen LogP contribution in [0.5, 0.6) is 0 Å². The van der Waals surface area contributed by atoms with Gasteiger partial charge >= 0.3 is 108 Å². The van der Waals surface area contributed by atoms with Gasteiger partial charge in [0.25, 0.3) is 0 Å². The fourth-order valence-electron chi connectivity index (χ4n) is 9.22. The predicted octanol–water partition coefficient (Wildman–Crippen LogP) is 2.37. The van der Waals surface area contributed by atoms with Gasteiger partial charge in [-0.1, -0.05) is 43.4 Å². The van der Waals surface area contributed by atoms with Crippen molar-refractivity contribution in [2.45, 2.75) is 74.9 Å². The zero-order chi connectivity index (χ0) is 69.9. The smallest absolute Gasteiger partial charge is 0.382 e. The van der Waals surface area contributed by atoms with E-state index in [-0.39, 0.29) is 37.4 Å². The van der Waals surface area contributed by atoms with Crippen molar-refractivity contribution in [1.29, 1.82) is 0 Å². The van der Waals surface area contributed by atoms with Gasteiger partial charge in [0.1, 0.15) is 0 Å². The molecule has 37 nitrogen and oxygen atoms in total. The molecular formula is C41H110O37Si13. The van der Waals surface area contributed by atoms with Crippen molar-refractivity contribution in [2.24, 2.45) is 0 Å². The molecular weight excluding hydrogens is 1450 g/mol. The molecule has 0 fully saturated rings. The molecule has 0 amide bonds. The van der Waals surface area contributed by atoms with E-state index in [1.54, 1.807) is 0 Å². The molecule has 0 aromatic rings. The Morgan fingerprint density at radius 2 is 0.308 bits per heavy atom. The van der Waals surface area contributed by atoms with Gasteiger partial charge in [-0.25, -0.2) is 0 Å². The fourth-order valence-corrected chi connectivity index (χ4v) is 53.0. The molecule has 0 saturated heterocycles. The van der Waals surface area contributed by atoms with E-state index in [0.29, 0.717) is 43.8 Å². The summed E-state index contributed by atoms with van der Waals surface area (Å²) >= 11 is 0. The summed E-state index contributed by atoms with van der Waals surface area (Å²) in [5, 5.41) is 0. The minimum absolute atomic E-state index is 0.0798. The van der Waals surface area contributed by atoms with Crippen molar-refractivity contribution in [2.75, 3.05) is 205 Å². The van der Waals surface area contributed by atoms with Gasteiger partial charge < -0.3 is 161 Å². The minimum Gasteiger partial charge on any atom is -0.382 e. The molecule has 548 valence electrons. The van der Waals surface area contributed by atoms with E-state index in [1.807, 2.05) is 6.92 Å². The fraction of sp³-hybridized carbons (Fsp3) is 1.00. The average molecular weight is 1560 g/mol. The largest absolute Gasteiger partial charge is 0.671 e. The number of hydrogen-bond acceptors (Lipinski definition) is 37. The summed E-state index contributed by atoms with van der Waals surface area (Å²) in [4.78, 5) is 0. The second-order valence-corrected chi connectivity index (χ2v) is 56.3. The molecule has 0 radical (unpaired) electrons. The van der Waals surface area contributed by atoms with Crippen LogP contribution in [0.3, 0.4) is 0 Å². The first-order valence-electron chi connectivity index (χ1n) is 28.0. The summed E-state index contributed by atoms with van der Waals surface area (Å²) in [5.41, 5.74) is 0. The van der Waals surface area contributed by atoms with Crippen molar-refractivity contribution in [1.82, 2.24) is 0 Å². The SMILES string of the molecule is CCOCCC[Si](CCC[Si](O[Si](OC)(OC)OC)(O[Si](OC)(OC)OC)O[Si](OC)(OC)OC)(CCC[Si](O[Si](OC)(OC)OC)(O[Si](OC)(OC)OC)O[Si](OC)(OC)OC)CCC[Si](O[Si](OC)(OC)OC)(O[Si](OC)(OC)OC)O[Si](OC)(OC)OC. The Kier molecular flexibility index (Phi) is 45.2. The molecule has 0 aromatic heterocycles. The van der Waals surface area contributed by atoms with Crippen LogP contribution in [0, 0.1) is 0 Å². The molecule has 0 aromatic carbocycles. The Morgan fingerprint density at radius 1 is 0.176 bits per heavy atom. The molecule has 0 aliphatic rings. The van der Waals surface area contributed by atoms with Crippen LogP contribution in [0.25, 0.3) is 0 Å². The molecule has 0 spiro atoms. The topological polar surface area (TPSA) is 342 Å². The van der Waals surface area contributed by atoms with E-state index in [0.717, 1.165) is 0 Å². The Bertz CT molecular complexity index is 1430. The summed E-state index contributed by atoms with van der Waals surface area (Å²) < 4.78 is 227. The zero-order valence-electron chi connectivity index (χ0n) is 58.8. The third-order valence-corrected chi connectivity index (χ3v) is 56.3. The maximum atomic E-state index is 6.92. The highest BCUT2D eigenvalue weighted by Crippen LogP contribution is 2.42. The molecule has 50 heteroatoms. The number of hydrogen-bond donors (Lipinski definition) is 0. The third-order valence-electron chi connectivity index (χ3n) is 14.0. The molecule has 0 N–H and O–H groups in total. The molecule has 0 saturated carbocycles. The van der Waals surface area contributed by atoms with Crippen LogP contribution in [0.4, 0.5) is 0 Å². The lowest BCUT2D eigenvalue weighted by molar-refractivity contribution is -0.0285. The standard InChI is InChI=1S/C41H110O37Si13/c1-29-69-34-30-35-79(36-31-39-80(70-83(42-2,43-3)44-4,71-84(45-5,46-6)47-7)72-85(48-8,49-9)50-10,37-32-40-81(73-86(51-11,52-12)53-13,74-87(54-14,55-15)56-16)75-88(57-17,58-18)59-19)38-33-41-82(76-89(60-20,61-21)62-22,77-90(63-23,64-24)65-25)78-91(66-26,67-27)68-28/h29-41H2,1-28H3. The minimum atomic E-state index is -4.66. The molecule has 0 rings (SSSR count). The zero-order valence-corrected chi connectivity index (χ0v) is 71.8. The monoisotopic (exact) mass is 1560 g/mol. The van der Waals surface area contributed by atoms with Crippen LogP contribution < -0.4 is 0 Å². The lowest BCUT2D eigenvalue weighted by Crippen LogP contribution is -2.69. The summed E-state index contributed by atoms with van der Waals surface area (Å²) in [6.45, 7) is 2.71. The van der Waals surface area contributed by atoms with E-state index in [1.165, 1.54) is 192 Å². The molecule has 0 atom stereocenters. The Hall–Kier alpha value is 1.34. The predicted molar refractivity (Wildman–Crippen MR) is 342 cm³/mol. The van der Waals surface area contributed by atoms with Crippen LogP contribution >= 0.6 is 0 Å². The van der Waals surface area contributed by atoms with E-state index < -0.39 is 116 Å². The Balaban J connectivity index is 9.65. The van der Waals surface area contributed by atoms with E-state index >= 15 is 0 Å². The summed E-state index contributed by atoms with van der Waals surface area (Å²) in [6, 6.07) is 1.59. The molecule has 0 aliphatic carbocycles. The molecule has 91 heavy (non-hydrogen) atoms. The van der Waals surface area contributed by atoms with Crippen LogP contribution in [0.15, 0.2) is 0 Å². The van der Waals surface area contributed by atoms with Crippen molar-refractivity contribution < 1.29 is 161 Å². The quantitative estimate of drug-likeness (QED) is 0.0623. The Morgan fingerprint density at radius 3 is 0.429 bits per heavy atom. The van der Waals surface area contributed by atoms with Gasteiger partial charge in [0, 0.05) is 223 Å². The molecule has 0 heterocycles. The summed E-state index contributed by atoms with van der Waals surface area (Å²) in [5.74, 6) is 0. The summed E-state index contributed by atoms with van der Waals surface area (Å²) in [6.07, 6.45) is 1.25. The van der Waals surface area contributed by atoms with Gasteiger partial charge in [0.2, 0.25) is 0 Å². The maximum absolute atomic E-state index is 6.92. The van der Waals surface area contributed by atoms with Gasteiger partial charge in [-0.15, -0.1) is 0 Å². The lowest BCUT2D eigenvalue weighted by atomic mass is 10.5. The maximum Gasteiger partial charge on any atom is 0.671 e. The summed E-state index contributed by atoms with van der Waals surface area (Å²) in [7, 11) is -18.9. The normalized spacial score (nSPS) is 14.4. The van der Waals surface area contributed by atoms with E-state index in [4.69, 9.17) is 161 Å². The second-order valence-electron chi connectivity index (χ2n) is 18.3. The molecule has 0 bridgehead atoms. The first kappa shape index (κ1) is 92.3. The Labute approximate surface area is 554 Å². The highest BCUT2D eigenvalue weighted by atomic mass is 28.6. The second kappa shape index (κ2) is 44.6. The van der Waals surface area contributed by atoms with Crippen LogP contribution in [0.1, 0.15) is 32.6 Å². The first-order chi connectivity index (χ1) is 43.2. The lowest BCUT2D eigenvalue weighted by Gasteiger charge is -2.43. The van der Waals surface area contributed by atoms with E-state index in [9.17, 15) is 0 Å². The molecule has 0 aliphatic heterocycles.